The van der Waals surface area contributed by atoms with Crippen molar-refractivity contribution < 1.29 is 0 Å². The number of piperidine rings is 1. The molecule has 1 fully saturated rings. The molecule has 5 aromatic rings. The summed E-state index contributed by atoms with van der Waals surface area (Å²) >= 11 is 0. The van der Waals surface area contributed by atoms with Gasteiger partial charge in [0.15, 0.2) is 0 Å². The van der Waals surface area contributed by atoms with Crippen molar-refractivity contribution in [2.45, 2.75) is 31.7 Å². The van der Waals surface area contributed by atoms with Crippen molar-refractivity contribution in [3.05, 3.63) is 96.6 Å². The molecule has 4 heterocycles. The van der Waals surface area contributed by atoms with Crippen molar-refractivity contribution in [3.8, 4) is 22.3 Å². The first kappa shape index (κ1) is 20.9. The maximum Gasteiger partial charge on any atom is 0.137 e. The summed E-state index contributed by atoms with van der Waals surface area (Å²) in [5, 5.41) is 9.19. The predicted molar refractivity (Wildman–Crippen MR) is 138 cm³/mol. The van der Waals surface area contributed by atoms with Gasteiger partial charge in [0, 0.05) is 47.2 Å². The van der Waals surface area contributed by atoms with Crippen LogP contribution in [-0.4, -0.2) is 32.8 Å². The zero-order valence-electron chi connectivity index (χ0n) is 19.2. The molecule has 1 saturated heterocycles. The highest BCUT2D eigenvalue weighted by molar-refractivity contribution is 5.95. The Hall–Kier alpha value is -3.70. The fourth-order valence-electron chi connectivity index (χ4n) is 5.02. The van der Waals surface area contributed by atoms with E-state index in [0.717, 1.165) is 53.8 Å². The lowest BCUT2D eigenvalue weighted by atomic mass is 9.89. The molecule has 0 spiro atoms. The summed E-state index contributed by atoms with van der Waals surface area (Å²) in [4.78, 5) is 8.04. The summed E-state index contributed by atoms with van der Waals surface area (Å²) in [6, 6.07) is 21.9. The van der Waals surface area contributed by atoms with Crippen molar-refractivity contribution in [1.82, 2.24) is 25.1 Å². The Morgan fingerprint density at radius 1 is 0.882 bits per heavy atom. The van der Waals surface area contributed by atoms with Crippen LogP contribution in [0, 0.1) is 0 Å². The van der Waals surface area contributed by atoms with Crippen LogP contribution in [0.5, 0.6) is 0 Å². The number of nitrogens with zero attached hydrogens (tertiary/aromatic N) is 3. The molecule has 3 aromatic heterocycles. The normalized spacial score (nSPS) is 14.6. The van der Waals surface area contributed by atoms with E-state index in [4.69, 9.17) is 4.98 Å². The summed E-state index contributed by atoms with van der Waals surface area (Å²) in [7, 11) is 0. The number of hydrogen-bond donors (Lipinski definition) is 2. The van der Waals surface area contributed by atoms with Gasteiger partial charge >= 0.3 is 0 Å². The number of nitrogens with one attached hydrogen (secondary N) is 2. The topological polar surface area (TPSA) is 58.5 Å². The molecule has 0 unspecified atom stereocenters. The molecule has 1 aliphatic heterocycles. The van der Waals surface area contributed by atoms with E-state index in [9.17, 15) is 0 Å². The van der Waals surface area contributed by atoms with Gasteiger partial charge in [-0.3, -0.25) is 4.68 Å². The lowest BCUT2D eigenvalue weighted by molar-refractivity contribution is 0.460. The quantitative estimate of drug-likeness (QED) is 0.346. The van der Waals surface area contributed by atoms with Gasteiger partial charge in [0.25, 0.3) is 0 Å². The van der Waals surface area contributed by atoms with E-state index in [1.807, 2.05) is 23.3 Å². The van der Waals surface area contributed by atoms with Gasteiger partial charge in [-0.25, -0.2) is 4.98 Å². The first-order chi connectivity index (χ1) is 16.8. The molecule has 170 valence electrons. The maximum atomic E-state index is 4.71. The molecule has 0 saturated carbocycles. The number of benzene rings is 2. The Morgan fingerprint density at radius 3 is 2.53 bits per heavy atom. The van der Waals surface area contributed by atoms with Gasteiger partial charge in [-0.15, -0.1) is 0 Å². The van der Waals surface area contributed by atoms with E-state index in [-0.39, 0.29) is 0 Å². The molecule has 2 N–H and O–H groups in total. The molecule has 1 aliphatic rings. The van der Waals surface area contributed by atoms with Crippen molar-refractivity contribution in [3.63, 3.8) is 0 Å². The van der Waals surface area contributed by atoms with E-state index in [1.165, 1.54) is 29.5 Å². The number of hydrogen-bond acceptors (Lipinski definition) is 3. The molecule has 0 atom stereocenters. The minimum atomic E-state index is 0.672. The monoisotopic (exact) mass is 447 g/mol. The van der Waals surface area contributed by atoms with Gasteiger partial charge in [0.05, 0.1) is 6.20 Å². The smallest absolute Gasteiger partial charge is 0.137 e. The fraction of sp³-hybridized carbons (Fsp3) is 0.241. The Kier molecular flexibility index (Phi) is 5.69. The SMILES string of the molecule is c1ccc(CCn2cc(-c3c[nH]c4ncc(-c5ccc(C6CCNCC6)cc5)cc34)cn2)cc1. The van der Waals surface area contributed by atoms with Crippen molar-refractivity contribution in [2.24, 2.45) is 0 Å². The predicted octanol–water partition coefficient (Wildman–Crippen LogP) is 5.80. The molecule has 34 heavy (non-hydrogen) atoms. The van der Waals surface area contributed by atoms with E-state index in [0.29, 0.717) is 5.92 Å². The van der Waals surface area contributed by atoms with Crippen LogP contribution >= 0.6 is 0 Å². The Labute approximate surface area is 199 Å². The van der Waals surface area contributed by atoms with Gasteiger partial charge in [0.2, 0.25) is 0 Å². The summed E-state index contributed by atoms with van der Waals surface area (Å²) in [6.07, 6.45) is 11.5. The van der Waals surface area contributed by atoms with Crippen LogP contribution in [0.25, 0.3) is 33.3 Å². The van der Waals surface area contributed by atoms with Crippen molar-refractivity contribution in [2.75, 3.05) is 13.1 Å². The highest BCUT2D eigenvalue weighted by atomic mass is 15.3. The zero-order chi connectivity index (χ0) is 22.7. The first-order valence-electron chi connectivity index (χ1n) is 12.2. The molecule has 2 aromatic carbocycles. The van der Waals surface area contributed by atoms with Crippen LogP contribution < -0.4 is 5.32 Å². The van der Waals surface area contributed by atoms with Crippen LogP contribution in [0.4, 0.5) is 0 Å². The van der Waals surface area contributed by atoms with Crippen LogP contribution in [0.15, 0.2) is 85.5 Å². The summed E-state index contributed by atoms with van der Waals surface area (Å²) in [5.41, 5.74) is 8.28. The number of aromatic amines is 1. The number of pyridine rings is 1. The molecular weight excluding hydrogens is 418 g/mol. The second-order valence-electron chi connectivity index (χ2n) is 9.20. The molecule has 6 rings (SSSR count). The van der Waals surface area contributed by atoms with Crippen LogP contribution in [0.2, 0.25) is 0 Å². The third-order valence-corrected chi connectivity index (χ3v) is 7.00. The number of fused-ring (bicyclic) bond motifs is 1. The molecule has 0 bridgehead atoms. The highest BCUT2D eigenvalue weighted by Crippen LogP contribution is 2.32. The average molecular weight is 448 g/mol. The number of aromatic nitrogens is 4. The maximum absolute atomic E-state index is 4.71. The largest absolute Gasteiger partial charge is 0.346 e. The van der Waals surface area contributed by atoms with Crippen molar-refractivity contribution in [1.29, 1.82) is 0 Å². The van der Waals surface area contributed by atoms with Gasteiger partial charge < -0.3 is 10.3 Å². The Bertz CT molecular complexity index is 1380. The van der Waals surface area contributed by atoms with Crippen LogP contribution in [0.3, 0.4) is 0 Å². The Balaban J connectivity index is 1.23. The highest BCUT2D eigenvalue weighted by Gasteiger charge is 2.15. The number of H-pyrrole nitrogens is 1. The average Bonchev–Trinajstić information content (AvgIpc) is 3.55. The lowest BCUT2D eigenvalue weighted by Crippen LogP contribution is -2.26. The van der Waals surface area contributed by atoms with Gasteiger partial charge in [0.1, 0.15) is 5.65 Å². The van der Waals surface area contributed by atoms with E-state index >= 15 is 0 Å². The zero-order valence-corrected chi connectivity index (χ0v) is 19.2. The van der Waals surface area contributed by atoms with Gasteiger partial charge in [-0.05, 0) is 61.0 Å². The van der Waals surface area contributed by atoms with Gasteiger partial charge in [-0.2, -0.15) is 5.10 Å². The molecule has 5 nitrogen and oxygen atoms in total. The fourth-order valence-corrected chi connectivity index (χ4v) is 5.02. The van der Waals surface area contributed by atoms with Crippen molar-refractivity contribution >= 4 is 11.0 Å². The molecule has 0 aliphatic carbocycles. The second-order valence-corrected chi connectivity index (χ2v) is 9.20. The summed E-state index contributed by atoms with van der Waals surface area (Å²) < 4.78 is 2.03. The first-order valence-corrected chi connectivity index (χ1v) is 12.2. The molecule has 0 radical (unpaired) electrons. The Morgan fingerprint density at radius 2 is 1.71 bits per heavy atom. The van der Waals surface area contributed by atoms with E-state index < -0.39 is 0 Å². The third kappa shape index (κ3) is 4.27. The van der Waals surface area contributed by atoms with Gasteiger partial charge in [-0.1, -0.05) is 54.6 Å². The summed E-state index contributed by atoms with van der Waals surface area (Å²) in [6.45, 7) is 3.09. The third-order valence-electron chi connectivity index (χ3n) is 7.00. The summed E-state index contributed by atoms with van der Waals surface area (Å²) in [5.74, 6) is 0.672. The van der Waals surface area contributed by atoms with E-state index in [2.05, 4.69) is 82.3 Å². The molecule has 0 amide bonds. The molecule has 5 heteroatoms. The van der Waals surface area contributed by atoms with Crippen LogP contribution in [-0.2, 0) is 13.0 Å². The second kappa shape index (κ2) is 9.27. The van der Waals surface area contributed by atoms with E-state index in [1.54, 1.807) is 0 Å². The molecular formula is C29H29N5. The lowest BCUT2D eigenvalue weighted by Gasteiger charge is -2.23. The number of rotatable bonds is 6. The standard InChI is InChI=1S/C29H29N5/c1-2-4-21(5-3-1)12-15-34-20-26(18-33-34)28-19-32-29-27(28)16-25(17-31-29)23-8-6-22(7-9-23)24-10-13-30-14-11-24/h1-9,16-20,24,30H,10-15H2,(H,31,32). The number of aryl methyl sites for hydroxylation is 2. The minimum Gasteiger partial charge on any atom is -0.346 e. The van der Waals surface area contributed by atoms with Crippen LogP contribution in [0.1, 0.15) is 29.9 Å². The minimum absolute atomic E-state index is 0.672.